The van der Waals surface area contributed by atoms with Crippen molar-refractivity contribution < 1.29 is 17.7 Å². The van der Waals surface area contributed by atoms with E-state index in [1.54, 1.807) is 23.5 Å². The molecule has 1 aliphatic heterocycles. The van der Waals surface area contributed by atoms with E-state index in [-0.39, 0.29) is 22.4 Å². The van der Waals surface area contributed by atoms with Crippen LogP contribution in [0.1, 0.15) is 17.8 Å². The first-order chi connectivity index (χ1) is 16.3. The molecular weight excluding hydrogens is 479 g/mol. The molecule has 0 saturated carbocycles. The predicted octanol–water partition coefficient (Wildman–Crippen LogP) is 4.03. The number of hydrogen-bond donors (Lipinski definition) is 1. The van der Waals surface area contributed by atoms with E-state index in [9.17, 15) is 22.9 Å². The van der Waals surface area contributed by atoms with Gasteiger partial charge < -0.3 is 4.90 Å². The lowest BCUT2D eigenvalue weighted by atomic mass is 10.1. The second-order valence-corrected chi connectivity index (χ2v) is 10.8. The molecule has 0 aliphatic carbocycles. The lowest BCUT2D eigenvalue weighted by Crippen LogP contribution is -2.52. The van der Waals surface area contributed by atoms with E-state index in [4.69, 9.17) is 0 Å². The summed E-state index contributed by atoms with van der Waals surface area (Å²) in [5, 5.41) is 12.8. The summed E-state index contributed by atoms with van der Waals surface area (Å²) in [7, 11) is -3.89. The van der Waals surface area contributed by atoms with Gasteiger partial charge in [0.15, 0.2) is 0 Å². The number of nitro groups is 1. The van der Waals surface area contributed by atoms with Crippen LogP contribution in [0.5, 0.6) is 0 Å². The van der Waals surface area contributed by atoms with E-state index in [1.165, 1.54) is 30.3 Å². The van der Waals surface area contributed by atoms with Crippen molar-refractivity contribution in [1.29, 1.82) is 0 Å². The number of benzene rings is 2. The minimum absolute atomic E-state index is 0.0285. The lowest BCUT2D eigenvalue weighted by molar-refractivity contribution is -0.384. The van der Waals surface area contributed by atoms with Gasteiger partial charge in [-0.1, -0.05) is 18.2 Å². The molecule has 1 fully saturated rings. The minimum atomic E-state index is -3.89. The molecule has 1 N–H and O–H groups in total. The molecular formula is C23H25FN4O4S2. The van der Waals surface area contributed by atoms with Crippen molar-refractivity contribution in [2.45, 2.75) is 23.9 Å². The number of para-hydroxylation sites is 1. The van der Waals surface area contributed by atoms with E-state index in [2.05, 4.69) is 9.62 Å². The zero-order chi connectivity index (χ0) is 24.3. The molecule has 1 saturated heterocycles. The third-order valence-electron chi connectivity index (χ3n) is 5.91. The first-order valence-corrected chi connectivity index (χ1v) is 13.2. The maximum Gasteiger partial charge on any atom is 0.269 e. The molecule has 180 valence electrons. The second-order valence-electron chi connectivity index (χ2n) is 8.10. The van der Waals surface area contributed by atoms with E-state index < -0.39 is 21.0 Å². The molecule has 2 heterocycles. The maximum absolute atomic E-state index is 14.2. The summed E-state index contributed by atoms with van der Waals surface area (Å²) >= 11 is 1.55. The van der Waals surface area contributed by atoms with Gasteiger partial charge in [-0.15, -0.1) is 11.3 Å². The van der Waals surface area contributed by atoms with Gasteiger partial charge >= 0.3 is 0 Å². The Kier molecular flexibility index (Phi) is 7.27. The zero-order valence-electron chi connectivity index (χ0n) is 18.5. The Hall–Kier alpha value is -2.86. The van der Waals surface area contributed by atoms with E-state index in [1.807, 2.05) is 35.4 Å². The summed E-state index contributed by atoms with van der Waals surface area (Å²) < 4.78 is 43.0. The van der Waals surface area contributed by atoms with Gasteiger partial charge in [-0.3, -0.25) is 15.0 Å². The summed E-state index contributed by atoms with van der Waals surface area (Å²) in [5.74, 6) is -0.255. The fourth-order valence-electron chi connectivity index (χ4n) is 4.28. The molecule has 34 heavy (non-hydrogen) atoms. The van der Waals surface area contributed by atoms with Gasteiger partial charge in [0, 0.05) is 49.2 Å². The van der Waals surface area contributed by atoms with Gasteiger partial charge in [0.25, 0.3) is 5.69 Å². The molecule has 0 bridgehead atoms. The normalized spacial score (nSPS) is 16.8. The van der Waals surface area contributed by atoms with Crippen LogP contribution < -0.4 is 9.62 Å². The van der Waals surface area contributed by atoms with Crippen molar-refractivity contribution in [3.63, 3.8) is 0 Å². The summed E-state index contributed by atoms with van der Waals surface area (Å²) in [4.78, 5) is 15.5. The number of halogens is 1. The molecule has 4 rings (SSSR count). The van der Waals surface area contributed by atoms with Crippen LogP contribution in [0.4, 0.5) is 15.8 Å². The standard InChI is InChI=1S/C23H25FN4O4S2/c1-17(25-34(31,32)19-10-8-18(9-11-19)28(29)30)23(22-7-4-16-33-22)27-14-12-26(13-15-27)21-6-3-2-5-20(21)24/h2-11,16-17,23,25H,12-15H2,1H3/t17-,23+/m1/s1. The fourth-order valence-corrected chi connectivity index (χ4v) is 6.49. The van der Waals surface area contributed by atoms with E-state index in [0.717, 1.165) is 4.88 Å². The fraction of sp³-hybridized carbons (Fsp3) is 0.304. The Morgan fingerprint density at radius 2 is 1.71 bits per heavy atom. The molecule has 2 aromatic carbocycles. The number of thiophene rings is 1. The van der Waals surface area contributed by atoms with Crippen LogP contribution in [0.25, 0.3) is 0 Å². The highest BCUT2D eigenvalue weighted by molar-refractivity contribution is 7.89. The maximum atomic E-state index is 14.2. The molecule has 3 aromatic rings. The van der Waals surface area contributed by atoms with Crippen molar-refractivity contribution in [3.8, 4) is 0 Å². The second kappa shape index (κ2) is 10.2. The number of nitrogens with one attached hydrogen (secondary N) is 1. The van der Waals surface area contributed by atoms with Crippen LogP contribution in [0.3, 0.4) is 0 Å². The van der Waals surface area contributed by atoms with Crippen LogP contribution in [0.2, 0.25) is 0 Å². The Bertz CT molecular complexity index is 1230. The highest BCUT2D eigenvalue weighted by Crippen LogP contribution is 2.31. The quantitative estimate of drug-likeness (QED) is 0.368. The van der Waals surface area contributed by atoms with Crippen LogP contribution in [-0.4, -0.2) is 50.5 Å². The minimum Gasteiger partial charge on any atom is -0.367 e. The van der Waals surface area contributed by atoms with Crippen LogP contribution in [-0.2, 0) is 10.0 Å². The first-order valence-electron chi connectivity index (χ1n) is 10.8. The third kappa shape index (κ3) is 5.27. The molecule has 0 amide bonds. The van der Waals surface area contributed by atoms with Gasteiger partial charge in [0.2, 0.25) is 10.0 Å². The topological polar surface area (TPSA) is 95.8 Å². The number of nitro benzene ring substituents is 1. The number of nitrogens with zero attached hydrogens (tertiary/aromatic N) is 3. The summed E-state index contributed by atoms with van der Waals surface area (Å²) in [5.41, 5.74) is 0.401. The summed E-state index contributed by atoms with van der Waals surface area (Å²) in [6, 6.07) is 14.8. The zero-order valence-corrected chi connectivity index (χ0v) is 20.1. The highest BCUT2D eigenvalue weighted by atomic mass is 32.2. The molecule has 11 heteroatoms. The number of non-ortho nitro benzene ring substituents is 1. The molecule has 0 radical (unpaired) electrons. The van der Waals surface area contributed by atoms with E-state index in [0.29, 0.717) is 31.9 Å². The van der Waals surface area contributed by atoms with Crippen molar-refractivity contribution >= 4 is 32.7 Å². The summed E-state index contributed by atoms with van der Waals surface area (Å²) in [6.07, 6.45) is 0. The van der Waals surface area contributed by atoms with Crippen molar-refractivity contribution in [3.05, 3.63) is 86.9 Å². The highest BCUT2D eigenvalue weighted by Gasteiger charge is 2.33. The van der Waals surface area contributed by atoms with Crippen LogP contribution in [0.15, 0.2) is 70.9 Å². The predicted molar refractivity (Wildman–Crippen MR) is 130 cm³/mol. The van der Waals surface area contributed by atoms with Crippen molar-refractivity contribution in [2.24, 2.45) is 0 Å². The first kappa shape index (κ1) is 24.3. The monoisotopic (exact) mass is 504 g/mol. The van der Waals surface area contributed by atoms with Crippen molar-refractivity contribution in [2.75, 3.05) is 31.1 Å². The lowest BCUT2D eigenvalue weighted by Gasteiger charge is -2.42. The van der Waals surface area contributed by atoms with Gasteiger partial charge in [-0.2, -0.15) is 0 Å². The van der Waals surface area contributed by atoms with Crippen molar-refractivity contribution in [1.82, 2.24) is 9.62 Å². The molecule has 1 aliphatic rings. The van der Waals surface area contributed by atoms with Gasteiger partial charge in [0.05, 0.1) is 21.5 Å². The Morgan fingerprint density at radius 1 is 1.03 bits per heavy atom. The molecule has 0 unspecified atom stereocenters. The van der Waals surface area contributed by atoms with Crippen LogP contribution in [0, 0.1) is 15.9 Å². The Labute approximate surface area is 201 Å². The third-order valence-corrected chi connectivity index (χ3v) is 8.43. The van der Waals surface area contributed by atoms with Crippen LogP contribution >= 0.6 is 11.3 Å². The molecule has 8 nitrogen and oxygen atoms in total. The SMILES string of the molecule is C[C@@H](NS(=O)(=O)c1ccc([N+](=O)[O-])cc1)[C@@H](c1cccs1)N1CCN(c2ccccc2F)CC1. The number of anilines is 1. The average Bonchev–Trinajstić information content (AvgIpc) is 3.34. The smallest absolute Gasteiger partial charge is 0.269 e. The molecule has 1 aromatic heterocycles. The molecule has 2 atom stereocenters. The van der Waals surface area contributed by atoms with E-state index >= 15 is 0 Å². The molecule has 0 spiro atoms. The number of sulfonamides is 1. The van der Waals surface area contributed by atoms with Gasteiger partial charge in [-0.05, 0) is 42.6 Å². The van der Waals surface area contributed by atoms with Gasteiger partial charge in [-0.25, -0.2) is 17.5 Å². The largest absolute Gasteiger partial charge is 0.367 e. The number of rotatable bonds is 8. The number of hydrogen-bond acceptors (Lipinski definition) is 7. The van der Waals surface area contributed by atoms with Gasteiger partial charge in [0.1, 0.15) is 5.82 Å². The summed E-state index contributed by atoms with van der Waals surface area (Å²) in [6.45, 7) is 4.33. The Balaban J connectivity index is 1.50. The average molecular weight is 505 g/mol. The Morgan fingerprint density at radius 3 is 2.29 bits per heavy atom. The number of piperazine rings is 1.